The molecular formula is C15H19N3O2. The fourth-order valence-electron chi connectivity index (χ4n) is 2.88. The summed E-state index contributed by atoms with van der Waals surface area (Å²) < 4.78 is 0. The van der Waals surface area contributed by atoms with E-state index in [1.807, 2.05) is 24.3 Å². The van der Waals surface area contributed by atoms with Crippen LogP contribution in [0.3, 0.4) is 0 Å². The molecule has 1 unspecified atom stereocenters. The van der Waals surface area contributed by atoms with Crippen molar-refractivity contribution in [3.05, 3.63) is 24.3 Å². The molecule has 2 heterocycles. The maximum atomic E-state index is 12.4. The maximum Gasteiger partial charge on any atom is 0.244 e. The first-order valence-corrected chi connectivity index (χ1v) is 7.14. The lowest BCUT2D eigenvalue weighted by molar-refractivity contribution is -0.122. The van der Waals surface area contributed by atoms with Gasteiger partial charge in [-0.3, -0.25) is 9.59 Å². The molecule has 1 fully saturated rings. The van der Waals surface area contributed by atoms with Crippen molar-refractivity contribution in [1.82, 2.24) is 5.32 Å². The van der Waals surface area contributed by atoms with Crippen LogP contribution in [0.4, 0.5) is 11.4 Å². The molecule has 0 aliphatic carbocycles. The molecule has 2 N–H and O–H groups in total. The number of benzene rings is 1. The lowest BCUT2D eigenvalue weighted by Gasteiger charge is -2.29. The van der Waals surface area contributed by atoms with Gasteiger partial charge < -0.3 is 15.5 Å². The van der Waals surface area contributed by atoms with Gasteiger partial charge in [-0.1, -0.05) is 12.1 Å². The van der Waals surface area contributed by atoms with Crippen molar-refractivity contribution in [2.24, 2.45) is 5.92 Å². The molecule has 5 nitrogen and oxygen atoms in total. The SMILES string of the molecule is O=C1CN(C(=O)CCC2CCNC2)c2ccccc2N1. The molecule has 0 saturated carbocycles. The molecule has 20 heavy (non-hydrogen) atoms. The van der Waals surface area contributed by atoms with Gasteiger partial charge in [0.05, 0.1) is 11.4 Å². The van der Waals surface area contributed by atoms with Gasteiger partial charge in [0.15, 0.2) is 0 Å². The molecule has 0 bridgehead atoms. The Bertz CT molecular complexity index is 524. The van der Waals surface area contributed by atoms with Crippen molar-refractivity contribution in [2.75, 3.05) is 29.9 Å². The molecule has 0 spiro atoms. The van der Waals surface area contributed by atoms with E-state index in [1.54, 1.807) is 4.90 Å². The summed E-state index contributed by atoms with van der Waals surface area (Å²) in [5.74, 6) is 0.506. The Kier molecular flexibility index (Phi) is 3.69. The Morgan fingerprint density at radius 1 is 1.35 bits per heavy atom. The van der Waals surface area contributed by atoms with Gasteiger partial charge in [-0.15, -0.1) is 0 Å². The number of anilines is 2. The summed E-state index contributed by atoms with van der Waals surface area (Å²) in [6, 6.07) is 7.45. The molecule has 5 heteroatoms. The van der Waals surface area contributed by atoms with Gasteiger partial charge in [0.2, 0.25) is 11.8 Å². The van der Waals surface area contributed by atoms with Crippen LogP contribution in [0.15, 0.2) is 24.3 Å². The molecule has 1 aromatic carbocycles. The lowest BCUT2D eigenvalue weighted by atomic mass is 10.0. The maximum absolute atomic E-state index is 12.4. The topological polar surface area (TPSA) is 61.4 Å². The summed E-state index contributed by atoms with van der Waals surface area (Å²) >= 11 is 0. The number of nitrogens with one attached hydrogen (secondary N) is 2. The van der Waals surface area contributed by atoms with E-state index >= 15 is 0 Å². The van der Waals surface area contributed by atoms with E-state index in [2.05, 4.69) is 10.6 Å². The van der Waals surface area contributed by atoms with Crippen LogP contribution in [-0.2, 0) is 9.59 Å². The van der Waals surface area contributed by atoms with E-state index in [1.165, 1.54) is 0 Å². The minimum Gasteiger partial charge on any atom is -0.323 e. The van der Waals surface area contributed by atoms with Gasteiger partial charge in [0, 0.05) is 6.42 Å². The van der Waals surface area contributed by atoms with Crippen LogP contribution in [0.1, 0.15) is 19.3 Å². The number of carbonyl (C=O) groups is 2. The highest BCUT2D eigenvalue weighted by molar-refractivity contribution is 6.09. The third-order valence-corrected chi connectivity index (χ3v) is 4.00. The molecule has 106 valence electrons. The summed E-state index contributed by atoms with van der Waals surface area (Å²) in [4.78, 5) is 25.7. The van der Waals surface area contributed by atoms with Gasteiger partial charge in [0.1, 0.15) is 6.54 Å². The van der Waals surface area contributed by atoms with Crippen LogP contribution < -0.4 is 15.5 Å². The number of hydrogen-bond acceptors (Lipinski definition) is 3. The molecule has 0 aromatic heterocycles. The summed E-state index contributed by atoms with van der Waals surface area (Å²) in [6.07, 6.45) is 2.55. The Hall–Kier alpha value is -1.88. The molecule has 3 rings (SSSR count). The number of para-hydroxylation sites is 2. The van der Waals surface area contributed by atoms with Gasteiger partial charge in [-0.2, -0.15) is 0 Å². The van der Waals surface area contributed by atoms with Crippen LogP contribution in [0, 0.1) is 5.92 Å². The van der Waals surface area contributed by atoms with E-state index in [4.69, 9.17) is 0 Å². The van der Waals surface area contributed by atoms with Crippen molar-refractivity contribution in [3.8, 4) is 0 Å². The van der Waals surface area contributed by atoms with Gasteiger partial charge >= 0.3 is 0 Å². The molecule has 1 aromatic rings. The Balaban J connectivity index is 1.69. The van der Waals surface area contributed by atoms with E-state index in [9.17, 15) is 9.59 Å². The lowest BCUT2D eigenvalue weighted by Crippen LogP contribution is -2.42. The highest BCUT2D eigenvalue weighted by Gasteiger charge is 2.27. The average Bonchev–Trinajstić information content (AvgIpc) is 2.97. The summed E-state index contributed by atoms with van der Waals surface area (Å²) in [5.41, 5.74) is 1.53. The number of nitrogens with zero attached hydrogens (tertiary/aromatic N) is 1. The van der Waals surface area contributed by atoms with Gasteiger partial charge in [0.25, 0.3) is 0 Å². The highest BCUT2D eigenvalue weighted by atomic mass is 16.2. The first-order chi connectivity index (χ1) is 9.74. The standard InChI is InChI=1S/C15H19N3O2/c19-14-10-18(13-4-2-1-3-12(13)17-14)15(20)6-5-11-7-8-16-9-11/h1-4,11,16H,5-10H2,(H,17,19). The molecule has 2 aliphatic rings. The second-order valence-corrected chi connectivity index (χ2v) is 5.44. The first kappa shape index (κ1) is 13.1. The normalized spacial score (nSPS) is 21.5. The van der Waals surface area contributed by atoms with Gasteiger partial charge in [-0.25, -0.2) is 0 Å². The number of amides is 2. The zero-order valence-electron chi connectivity index (χ0n) is 11.4. The smallest absolute Gasteiger partial charge is 0.244 e. The van der Waals surface area contributed by atoms with E-state index < -0.39 is 0 Å². The van der Waals surface area contributed by atoms with Crippen LogP contribution in [0.25, 0.3) is 0 Å². The number of carbonyl (C=O) groups excluding carboxylic acids is 2. The predicted molar refractivity (Wildman–Crippen MR) is 77.6 cm³/mol. The summed E-state index contributed by atoms with van der Waals surface area (Å²) in [7, 11) is 0. The van der Waals surface area contributed by atoms with Crippen molar-refractivity contribution in [2.45, 2.75) is 19.3 Å². The Morgan fingerprint density at radius 2 is 2.20 bits per heavy atom. The third kappa shape index (κ3) is 2.67. The largest absolute Gasteiger partial charge is 0.323 e. The zero-order chi connectivity index (χ0) is 13.9. The van der Waals surface area contributed by atoms with E-state index in [0.29, 0.717) is 12.3 Å². The Morgan fingerprint density at radius 3 is 3.00 bits per heavy atom. The van der Waals surface area contributed by atoms with Crippen molar-refractivity contribution in [3.63, 3.8) is 0 Å². The van der Waals surface area contributed by atoms with Crippen LogP contribution >= 0.6 is 0 Å². The molecule has 2 amide bonds. The molecule has 1 atom stereocenters. The van der Waals surface area contributed by atoms with Crippen molar-refractivity contribution < 1.29 is 9.59 Å². The molecule has 0 radical (unpaired) electrons. The molecule has 1 saturated heterocycles. The number of rotatable bonds is 3. The average molecular weight is 273 g/mol. The minimum absolute atomic E-state index is 0.0409. The van der Waals surface area contributed by atoms with Crippen molar-refractivity contribution >= 4 is 23.2 Å². The van der Waals surface area contributed by atoms with Gasteiger partial charge in [-0.05, 0) is 44.0 Å². The highest BCUT2D eigenvalue weighted by Crippen LogP contribution is 2.29. The summed E-state index contributed by atoms with van der Waals surface area (Å²) in [5, 5.41) is 6.11. The van der Waals surface area contributed by atoms with Crippen molar-refractivity contribution in [1.29, 1.82) is 0 Å². The number of fused-ring (bicyclic) bond motifs is 1. The van der Waals surface area contributed by atoms with E-state index in [-0.39, 0.29) is 18.4 Å². The fraction of sp³-hybridized carbons (Fsp3) is 0.467. The molecule has 2 aliphatic heterocycles. The second-order valence-electron chi connectivity index (χ2n) is 5.44. The van der Waals surface area contributed by atoms with E-state index in [0.717, 1.165) is 37.3 Å². The summed E-state index contributed by atoms with van der Waals surface area (Å²) in [6.45, 7) is 2.18. The molecular weight excluding hydrogens is 254 g/mol. The first-order valence-electron chi connectivity index (χ1n) is 7.14. The Labute approximate surface area is 118 Å². The fourth-order valence-corrected chi connectivity index (χ4v) is 2.88. The monoisotopic (exact) mass is 273 g/mol. The van der Waals surface area contributed by atoms with Crippen LogP contribution in [0.2, 0.25) is 0 Å². The predicted octanol–water partition coefficient (Wildman–Crippen LogP) is 1.36. The zero-order valence-corrected chi connectivity index (χ0v) is 11.4. The quantitative estimate of drug-likeness (QED) is 0.874. The van der Waals surface area contributed by atoms with Crippen LogP contribution in [0.5, 0.6) is 0 Å². The third-order valence-electron chi connectivity index (χ3n) is 4.00. The second kappa shape index (κ2) is 5.63. The number of hydrogen-bond donors (Lipinski definition) is 2. The van der Waals surface area contributed by atoms with Crippen LogP contribution in [-0.4, -0.2) is 31.4 Å². The minimum atomic E-state index is -0.125.